The molecule has 6 heteroatoms. The molecule has 0 spiro atoms. The summed E-state index contributed by atoms with van der Waals surface area (Å²) in [5.41, 5.74) is 6.08. The van der Waals surface area contributed by atoms with Gasteiger partial charge in [-0.1, -0.05) is 12.1 Å². The number of nitrogens with two attached hydrogens (primary N) is 1. The topological polar surface area (TPSA) is 85.9 Å². The summed E-state index contributed by atoms with van der Waals surface area (Å²) in [5, 5.41) is 2.77. The molecule has 6 nitrogen and oxygen atoms in total. The minimum Gasteiger partial charge on any atom is -0.366 e. The molecule has 1 saturated heterocycles. The van der Waals surface area contributed by atoms with Gasteiger partial charge in [-0.15, -0.1) is 0 Å². The van der Waals surface area contributed by atoms with Gasteiger partial charge in [-0.05, 0) is 26.0 Å². The molecule has 0 aromatic heterocycles. The molecule has 2 rings (SSSR count). The number of primary amides is 1. The van der Waals surface area contributed by atoms with Crippen LogP contribution in [0.4, 0.5) is 5.69 Å². The van der Waals surface area contributed by atoms with Crippen LogP contribution in [0, 0.1) is 0 Å². The molecule has 1 fully saturated rings. The van der Waals surface area contributed by atoms with Crippen molar-refractivity contribution in [1.29, 1.82) is 0 Å². The Hall–Kier alpha value is -1.92. The summed E-state index contributed by atoms with van der Waals surface area (Å²) in [6.07, 6.45) is 0.295. The molecule has 0 radical (unpaired) electrons. The molecule has 114 valence electrons. The zero-order valence-corrected chi connectivity index (χ0v) is 12.4. The Kier molecular flexibility index (Phi) is 4.93. The van der Waals surface area contributed by atoms with Crippen LogP contribution in [0.2, 0.25) is 0 Å². The average molecular weight is 292 g/mol. The van der Waals surface area contributed by atoms with Crippen LogP contribution in [0.5, 0.6) is 0 Å². The molecular weight excluding hydrogens is 270 g/mol. The minimum absolute atomic E-state index is 0.125. The molecule has 4 N–H and O–H groups in total. The van der Waals surface area contributed by atoms with Crippen LogP contribution in [0.15, 0.2) is 24.3 Å². The lowest BCUT2D eigenvalue weighted by Gasteiger charge is -2.31. The molecule has 3 atom stereocenters. The van der Waals surface area contributed by atoms with E-state index in [1.165, 1.54) is 4.90 Å². The fourth-order valence-electron chi connectivity index (χ4n) is 2.76. The smallest absolute Gasteiger partial charge is 0.279 e. The maximum absolute atomic E-state index is 12.1. The molecule has 1 aromatic rings. The third-order valence-corrected chi connectivity index (χ3v) is 3.49. The number of carbonyl (C=O) groups is 2. The van der Waals surface area contributed by atoms with Crippen LogP contribution >= 0.6 is 0 Å². The first-order chi connectivity index (χ1) is 9.95. The second-order valence-corrected chi connectivity index (χ2v) is 5.55. The Balaban J connectivity index is 1.97. The lowest BCUT2D eigenvalue weighted by atomic mass is 10.1. The van der Waals surface area contributed by atoms with Gasteiger partial charge in [0.05, 0.1) is 11.3 Å². The average Bonchev–Trinajstić information content (AvgIpc) is 2.37. The Morgan fingerprint density at radius 2 is 1.90 bits per heavy atom. The molecule has 0 aliphatic carbocycles. The lowest BCUT2D eigenvalue weighted by Crippen LogP contribution is -3.16. The number of amides is 2. The SMILES string of the molecule is C[C@@H]1C[NH+](CC(=O)Nc2ccccc2C(N)=O)C[C@H](C)O1. The third-order valence-electron chi connectivity index (χ3n) is 3.49. The monoisotopic (exact) mass is 292 g/mol. The van der Waals surface area contributed by atoms with Gasteiger partial charge in [0, 0.05) is 0 Å². The number of hydrogen-bond acceptors (Lipinski definition) is 3. The molecule has 0 saturated carbocycles. The highest BCUT2D eigenvalue weighted by atomic mass is 16.5. The van der Waals surface area contributed by atoms with Crippen molar-refractivity contribution in [2.75, 3.05) is 25.0 Å². The van der Waals surface area contributed by atoms with Crippen LogP contribution in [0.25, 0.3) is 0 Å². The summed E-state index contributed by atoms with van der Waals surface area (Å²) in [6.45, 7) is 5.97. The summed E-state index contributed by atoms with van der Waals surface area (Å²) in [4.78, 5) is 24.6. The lowest BCUT2D eigenvalue weighted by molar-refractivity contribution is -0.907. The molecule has 1 heterocycles. The zero-order valence-electron chi connectivity index (χ0n) is 12.4. The van der Waals surface area contributed by atoms with Crippen LogP contribution in [0.1, 0.15) is 24.2 Å². The number of carbonyl (C=O) groups excluding carboxylic acids is 2. The van der Waals surface area contributed by atoms with Crippen molar-refractivity contribution in [1.82, 2.24) is 0 Å². The van der Waals surface area contributed by atoms with E-state index in [0.717, 1.165) is 13.1 Å². The largest absolute Gasteiger partial charge is 0.366 e. The second-order valence-electron chi connectivity index (χ2n) is 5.55. The van der Waals surface area contributed by atoms with Crippen molar-refractivity contribution in [3.05, 3.63) is 29.8 Å². The molecular formula is C15H22N3O3+. The van der Waals surface area contributed by atoms with E-state index in [4.69, 9.17) is 10.5 Å². The van der Waals surface area contributed by atoms with E-state index < -0.39 is 5.91 Å². The fourth-order valence-corrected chi connectivity index (χ4v) is 2.76. The van der Waals surface area contributed by atoms with Crippen molar-refractivity contribution in [2.45, 2.75) is 26.1 Å². The maximum atomic E-state index is 12.1. The van der Waals surface area contributed by atoms with Crippen molar-refractivity contribution in [3.63, 3.8) is 0 Å². The van der Waals surface area contributed by atoms with Gasteiger partial charge in [-0.2, -0.15) is 0 Å². The van der Waals surface area contributed by atoms with Crippen LogP contribution in [-0.4, -0.2) is 43.7 Å². The number of rotatable bonds is 4. The van der Waals surface area contributed by atoms with Gasteiger partial charge >= 0.3 is 0 Å². The Labute approximate surface area is 124 Å². The number of morpholine rings is 1. The van der Waals surface area contributed by atoms with Crippen LogP contribution in [-0.2, 0) is 9.53 Å². The maximum Gasteiger partial charge on any atom is 0.279 e. The van der Waals surface area contributed by atoms with Gasteiger partial charge in [0.15, 0.2) is 6.54 Å². The highest BCUT2D eigenvalue weighted by Gasteiger charge is 2.27. The summed E-state index contributed by atoms with van der Waals surface area (Å²) >= 11 is 0. The van der Waals surface area contributed by atoms with E-state index in [-0.39, 0.29) is 18.1 Å². The summed E-state index contributed by atoms with van der Waals surface area (Å²) < 4.78 is 5.65. The second kappa shape index (κ2) is 6.69. The van der Waals surface area contributed by atoms with E-state index in [2.05, 4.69) is 5.32 Å². The quantitative estimate of drug-likeness (QED) is 0.694. The number of ether oxygens (including phenoxy) is 1. The first kappa shape index (κ1) is 15.5. The van der Waals surface area contributed by atoms with E-state index in [9.17, 15) is 9.59 Å². The third kappa shape index (κ3) is 4.27. The van der Waals surface area contributed by atoms with Crippen molar-refractivity contribution >= 4 is 17.5 Å². The number of anilines is 1. The van der Waals surface area contributed by atoms with Crippen molar-refractivity contribution < 1.29 is 19.2 Å². The van der Waals surface area contributed by atoms with Gasteiger partial charge in [0.1, 0.15) is 25.3 Å². The molecule has 1 aromatic carbocycles. The van der Waals surface area contributed by atoms with E-state index in [0.29, 0.717) is 17.8 Å². The standard InChI is InChI=1S/C15H21N3O3/c1-10-7-18(8-11(2)21-10)9-14(19)17-13-6-4-3-5-12(13)15(16)20/h3-6,10-11H,7-9H2,1-2H3,(H2,16,20)(H,17,19)/p+1/t10-,11+. The van der Waals surface area contributed by atoms with Gasteiger partial charge in [-0.25, -0.2) is 0 Å². The molecule has 0 bridgehead atoms. The van der Waals surface area contributed by atoms with E-state index >= 15 is 0 Å². The fraction of sp³-hybridized carbons (Fsp3) is 0.467. The van der Waals surface area contributed by atoms with E-state index in [1.54, 1.807) is 24.3 Å². The van der Waals surface area contributed by atoms with Gasteiger partial charge in [0.25, 0.3) is 11.8 Å². The number of para-hydroxylation sites is 1. The molecule has 1 aliphatic heterocycles. The highest BCUT2D eigenvalue weighted by molar-refractivity contribution is 6.03. The Bertz CT molecular complexity index is 523. The normalized spacial score (nSPS) is 25.3. The van der Waals surface area contributed by atoms with Gasteiger partial charge < -0.3 is 20.7 Å². The van der Waals surface area contributed by atoms with Gasteiger partial charge in [0.2, 0.25) is 0 Å². The molecule has 21 heavy (non-hydrogen) atoms. The number of benzene rings is 1. The van der Waals surface area contributed by atoms with Gasteiger partial charge in [-0.3, -0.25) is 9.59 Å². The Morgan fingerprint density at radius 1 is 1.29 bits per heavy atom. The van der Waals surface area contributed by atoms with Crippen LogP contribution in [0.3, 0.4) is 0 Å². The number of nitrogens with one attached hydrogen (secondary N) is 2. The van der Waals surface area contributed by atoms with Crippen molar-refractivity contribution in [2.24, 2.45) is 5.73 Å². The first-order valence-corrected chi connectivity index (χ1v) is 7.13. The molecule has 1 aliphatic rings. The summed E-state index contributed by atoms with van der Waals surface area (Å²) in [7, 11) is 0. The van der Waals surface area contributed by atoms with Crippen LogP contribution < -0.4 is 16.0 Å². The van der Waals surface area contributed by atoms with E-state index in [1.807, 2.05) is 13.8 Å². The molecule has 1 unspecified atom stereocenters. The highest BCUT2D eigenvalue weighted by Crippen LogP contribution is 2.13. The zero-order chi connectivity index (χ0) is 15.4. The first-order valence-electron chi connectivity index (χ1n) is 7.13. The molecule has 2 amide bonds. The predicted octanol–water partition coefficient (Wildman–Crippen LogP) is -0.584. The van der Waals surface area contributed by atoms with Crippen molar-refractivity contribution in [3.8, 4) is 0 Å². The number of quaternary nitrogens is 1. The summed E-state index contributed by atoms with van der Waals surface area (Å²) in [6, 6.07) is 6.75. The summed E-state index contributed by atoms with van der Waals surface area (Å²) in [5.74, 6) is -0.674. The Morgan fingerprint density at radius 3 is 2.52 bits per heavy atom. The predicted molar refractivity (Wildman–Crippen MR) is 79.2 cm³/mol. The minimum atomic E-state index is -0.549. The number of hydrogen-bond donors (Lipinski definition) is 3.